The summed E-state index contributed by atoms with van der Waals surface area (Å²) in [4.78, 5) is 0. The molecule has 3 heteroatoms. The lowest BCUT2D eigenvalue weighted by atomic mass is 9.73. The Hall–Kier alpha value is -2.62. The van der Waals surface area contributed by atoms with Crippen LogP contribution in [0.4, 0.5) is 0 Å². The standard InChI is InChI=1S/C26H25BO2.C2H6/c1-25(2)26(3,4)29-27(28-25)24-17-22-20(15-14-19-12-8-9-13-21(19)22)16-23(24)18-10-6-5-7-11-18;1-2/h5-17H,1-4H3;1-2H3. The highest BCUT2D eigenvalue weighted by Crippen LogP contribution is 2.38. The zero-order valence-electron chi connectivity index (χ0n) is 19.4. The third-order valence-corrected chi connectivity index (χ3v) is 6.51. The third-order valence-electron chi connectivity index (χ3n) is 6.51. The molecular weight excluding hydrogens is 379 g/mol. The summed E-state index contributed by atoms with van der Waals surface area (Å²) in [6.07, 6.45) is 0. The minimum absolute atomic E-state index is 0.376. The Labute approximate surface area is 186 Å². The largest absolute Gasteiger partial charge is 0.495 e. The van der Waals surface area contributed by atoms with Gasteiger partial charge in [0.05, 0.1) is 11.2 Å². The highest BCUT2D eigenvalue weighted by Gasteiger charge is 2.52. The van der Waals surface area contributed by atoms with Crippen molar-refractivity contribution in [3.8, 4) is 11.1 Å². The Balaban J connectivity index is 0.00000112. The van der Waals surface area contributed by atoms with Crippen LogP contribution in [0.3, 0.4) is 0 Å². The maximum atomic E-state index is 6.45. The molecule has 1 fully saturated rings. The van der Waals surface area contributed by atoms with Crippen LogP contribution in [0.5, 0.6) is 0 Å². The van der Waals surface area contributed by atoms with Gasteiger partial charge in [0.2, 0.25) is 0 Å². The minimum Gasteiger partial charge on any atom is -0.399 e. The van der Waals surface area contributed by atoms with Gasteiger partial charge in [0.1, 0.15) is 0 Å². The van der Waals surface area contributed by atoms with Gasteiger partial charge in [0.15, 0.2) is 0 Å². The molecule has 1 heterocycles. The number of hydrogen-bond donors (Lipinski definition) is 0. The fraction of sp³-hybridized carbons (Fsp3) is 0.286. The summed E-state index contributed by atoms with van der Waals surface area (Å²) in [7, 11) is -0.404. The number of benzene rings is 4. The van der Waals surface area contributed by atoms with Crippen LogP contribution in [0.15, 0.2) is 78.9 Å². The molecule has 158 valence electrons. The van der Waals surface area contributed by atoms with Gasteiger partial charge in [-0.15, -0.1) is 0 Å². The van der Waals surface area contributed by atoms with Crippen molar-refractivity contribution in [3.05, 3.63) is 78.9 Å². The van der Waals surface area contributed by atoms with Gasteiger partial charge in [0.25, 0.3) is 0 Å². The first kappa shape index (κ1) is 21.6. The first-order valence-corrected chi connectivity index (χ1v) is 11.2. The fourth-order valence-corrected chi connectivity index (χ4v) is 4.10. The van der Waals surface area contributed by atoms with Crippen molar-refractivity contribution in [2.24, 2.45) is 0 Å². The maximum Gasteiger partial charge on any atom is 0.495 e. The van der Waals surface area contributed by atoms with Crippen LogP contribution in [0, 0.1) is 0 Å². The fourth-order valence-electron chi connectivity index (χ4n) is 4.10. The van der Waals surface area contributed by atoms with Crippen LogP contribution in [-0.4, -0.2) is 18.3 Å². The average molecular weight is 410 g/mol. The van der Waals surface area contributed by atoms with E-state index < -0.39 is 7.12 Å². The first-order chi connectivity index (χ1) is 14.9. The molecule has 0 radical (unpaired) electrons. The molecule has 0 spiro atoms. The Kier molecular flexibility index (Phi) is 5.68. The highest BCUT2D eigenvalue weighted by atomic mass is 16.7. The molecule has 0 bridgehead atoms. The second kappa shape index (κ2) is 8.14. The second-order valence-electron chi connectivity index (χ2n) is 8.90. The van der Waals surface area contributed by atoms with Gasteiger partial charge in [-0.1, -0.05) is 86.6 Å². The van der Waals surface area contributed by atoms with Gasteiger partial charge < -0.3 is 9.31 Å². The summed E-state index contributed by atoms with van der Waals surface area (Å²) in [6.45, 7) is 12.4. The van der Waals surface area contributed by atoms with Gasteiger partial charge in [-0.3, -0.25) is 0 Å². The molecule has 1 aliphatic heterocycles. The van der Waals surface area contributed by atoms with Crippen LogP contribution in [0.2, 0.25) is 0 Å². The minimum atomic E-state index is -0.404. The summed E-state index contributed by atoms with van der Waals surface area (Å²) in [5, 5.41) is 4.95. The van der Waals surface area contributed by atoms with Crippen molar-refractivity contribution >= 4 is 34.1 Å². The van der Waals surface area contributed by atoms with E-state index in [1.54, 1.807) is 0 Å². The monoisotopic (exact) mass is 410 g/mol. The van der Waals surface area contributed by atoms with Gasteiger partial charge >= 0.3 is 7.12 Å². The summed E-state index contributed by atoms with van der Waals surface area (Å²) < 4.78 is 12.9. The highest BCUT2D eigenvalue weighted by molar-refractivity contribution is 6.64. The zero-order chi connectivity index (χ0) is 22.2. The number of rotatable bonds is 2. The quantitative estimate of drug-likeness (QED) is 0.262. The lowest BCUT2D eigenvalue weighted by Crippen LogP contribution is -2.41. The van der Waals surface area contributed by atoms with Crippen molar-refractivity contribution < 1.29 is 9.31 Å². The van der Waals surface area contributed by atoms with Crippen molar-refractivity contribution in [3.63, 3.8) is 0 Å². The molecule has 0 unspecified atom stereocenters. The SMILES string of the molecule is CC.CC1(C)OB(c2cc3c(ccc4ccccc43)cc2-c2ccccc2)OC1(C)C. The van der Waals surface area contributed by atoms with Crippen LogP contribution in [0.25, 0.3) is 32.7 Å². The molecule has 2 nitrogen and oxygen atoms in total. The third kappa shape index (κ3) is 3.77. The Morgan fingerprint density at radius 1 is 0.613 bits per heavy atom. The average Bonchev–Trinajstić information content (AvgIpc) is 3.01. The molecule has 4 aromatic carbocycles. The first-order valence-electron chi connectivity index (χ1n) is 11.2. The van der Waals surface area contributed by atoms with E-state index in [9.17, 15) is 0 Å². The Morgan fingerprint density at radius 2 is 1.19 bits per heavy atom. The van der Waals surface area contributed by atoms with Crippen LogP contribution >= 0.6 is 0 Å². The number of hydrogen-bond acceptors (Lipinski definition) is 2. The molecule has 1 saturated heterocycles. The molecule has 4 aromatic rings. The Morgan fingerprint density at radius 3 is 1.87 bits per heavy atom. The van der Waals surface area contributed by atoms with E-state index in [0.717, 1.165) is 11.0 Å². The van der Waals surface area contributed by atoms with E-state index in [2.05, 4.69) is 100 Å². The van der Waals surface area contributed by atoms with E-state index in [1.807, 2.05) is 19.9 Å². The van der Waals surface area contributed by atoms with Crippen molar-refractivity contribution in [1.82, 2.24) is 0 Å². The van der Waals surface area contributed by atoms with Crippen LogP contribution in [-0.2, 0) is 9.31 Å². The predicted octanol–water partition coefficient (Wildman–Crippen LogP) is 6.99. The predicted molar refractivity (Wildman–Crippen MR) is 134 cm³/mol. The van der Waals surface area contributed by atoms with E-state index in [4.69, 9.17) is 9.31 Å². The molecule has 0 amide bonds. The van der Waals surface area contributed by atoms with E-state index in [-0.39, 0.29) is 11.2 Å². The van der Waals surface area contributed by atoms with Crippen LogP contribution < -0.4 is 5.46 Å². The summed E-state index contributed by atoms with van der Waals surface area (Å²) in [6, 6.07) is 28.0. The molecule has 31 heavy (non-hydrogen) atoms. The van der Waals surface area contributed by atoms with E-state index >= 15 is 0 Å². The van der Waals surface area contributed by atoms with Crippen molar-refractivity contribution in [2.45, 2.75) is 52.7 Å². The normalized spacial score (nSPS) is 16.9. The van der Waals surface area contributed by atoms with Gasteiger partial charge in [-0.2, -0.15) is 0 Å². The lowest BCUT2D eigenvalue weighted by molar-refractivity contribution is 0.00578. The molecule has 0 aromatic heterocycles. The molecule has 0 N–H and O–H groups in total. The summed E-state index contributed by atoms with van der Waals surface area (Å²) >= 11 is 0. The molecule has 0 atom stereocenters. The van der Waals surface area contributed by atoms with E-state index in [1.165, 1.54) is 27.1 Å². The molecule has 1 aliphatic rings. The second-order valence-corrected chi connectivity index (χ2v) is 8.90. The molecular formula is C28H31BO2. The topological polar surface area (TPSA) is 18.5 Å². The smallest absolute Gasteiger partial charge is 0.399 e. The molecule has 0 saturated carbocycles. The summed E-state index contributed by atoms with van der Waals surface area (Å²) in [5.41, 5.74) is 2.66. The van der Waals surface area contributed by atoms with Crippen molar-refractivity contribution in [1.29, 1.82) is 0 Å². The van der Waals surface area contributed by atoms with Gasteiger partial charge in [-0.25, -0.2) is 0 Å². The maximum absolute atomic E-state index is 6.45. The van der Waals surface area contributed by atoms with Crippen LogP contribution in [0.1, 0.15) is 41.5 Å². The molecule has 0 aliphatic carbocycles. The Bertz CT molecular complexity index is 1200. The van der Waals surface area contributed by atoms with Crippen molar-refractivity contribution in [2.75, 3.05) is 0 Å². The molecule has 5 rings (SSSR count). The van der Waals surface area contributed by atoms with Gasteiger partial charge in [-0.05, 0) is 71.9 Å². The van der Waals surface area contributed by atoms with E-state index in [0.29, 0.717) is 0 Å². The number of fused-ring (bicyclic) bond motifs is 3. The lowest BCUT2D eigenvalue weighted by Gasteiger charge is -2.32. The zero-order valence-corrected chi connectivity index (χ0v) is 19.4. The summed E-state index contributed by atoms with van der Waals surface area (Å²) in [5.74, 6) is 0. The van der Waals surface area contributed by atoms with Gasteiger partial charge in [0, 0.05) is 0 Å².